The molecule has 0 aliphatic heterocycles. The van der Waals surface area contributed by atoms with E-state index < -0.39 is 8.07 Å². The first-order chi connectivity index (χ1) is 8.96. The topological polar surface area (TPSA) is 55.1 Å². The number of aromatic nitrogens is 1. The van der Waals surface area contributed by atoms with Crippen LogP contribution in [-0.2, 0) is 4.74 Å². The summed E-state index contributed by atoms with van der Waals surface area (Å²) in [7, 11) is 0.135. The van der Waals surface area contributed by atoms with Crippen LogP contribution in [-0.4, -0.2) is 33.4 Å². The van der Waals surface area contributed by atoms with Crippen molar-refractivity contribution in [3.63, 3.8) is 0 Å². The lowest BCUT2D eigenvalue weighted by Crippen LogP contribution is -2.16. The Morgan fingerprint density at radius 1 is 1.32 bits per heavy atom. The van der Waals surface area contributed by atoms with Crippen molar-refractivity contribution in [2.75, 3.05) is 20.3 Å². The van der Waals surface area contributed by atoms with Crippen LogP contribution in [0.4, 0.5) is 0 Å². The number of rotatable bonds is 4. The van der Waals surface area contributed by atoms with Crippen LogP contribution in [0.1, 0.15) is 11.3 Å². The van der Waals surface area contributed by atoms with Crippen LogP contribution in [0.2, 0.25) is 19.6 Å². The van der Waals surface area contributed by atoms with Crippen molar-refractivity contribution in [1.29, 1.82) is 5.26 Å². The van der Waals surface area contributed by atoms with Gasteiger partial charge < -0.3 is 9.47 Å². The Hall–Kier alpha value is -1.82. The molecule has 1 rings (SSSR count). The van der Waals surface area contributed by atoms with Crippen LogP contribution >= 0.6 is 0 Å². The van der Waals surface area contributed by atoms with Crippen molar-refractivity contribution in [2.45, 2.75) is 19.6 Å². The Labute approximate surface area is 115 Å². The van der Waals surface area contributed by atoms with Gasteiger partial charge in [0.25, 0.3) is 0 Å². The van der Waals surface area contributed by atoms with Gasteiger partial charge in [-0.2, -0.15) is 5.26 Å². The number of methoxy groups -OCH3 is 1. The molecule has 0 bridgehead atoms. The van der Waals surface area contributed by atoms with Gasteiger partial charge in [0, 0.05) is 13.2 Å². The molecule has 1 heterocycles. The van der Waals surface area contributed by atoms with Crippen molar-refractivity contribution in [2.24, 2.45) is 0 Å². The molecule has 5 heteroatoms. The molecular weight excluding hydrogens is 256 g/mol. The van der Waals surface area contributed by atoms with E-state index in [0.717, 1.165) is 0 Å². The van der Waals surface area contributed by atoms with Crippen molar-refractivity contribution in [1.82, 2.24) is 4.98 Å². The molecule has 4 nitrogen and oxygen atoms in total. The number of nitrogens with zero attached hydrogens (tertiary/aromatic N) is 2. The molecule has 0 N–H and O–H groups in total. The van der Waals surface area contributed by atoms with Gasteiger partial charge in [0.05, 0.1) is 18.4 Å². The van der Waals surface area contributed by atoms with Crippen LogP contribution in [0, 0.1) is 22.8 Å². The molecule has 19 heavy (non-hydrogen) atoms. The molecule has 1 aromatic rings. The second-order valence-corrected chi connectivity index (χ2v) is 9.77. The van der Waals surface area contributed by atoms with Crippen LogP contribution in [0.3, 0.4) is 0 Å². The molecule has 100 valence electrons. The van der Waals surface area contributed by atoms with E-state index >= 15 is 0 Å². The van der Waals surface area contributed by atoms with Crippen LogP contribution in [0.5, 0.6) is 5.75 Å². The summed E-state index contributed by atoms with van der Waals surface area (Å²) < 4.78 is 10.3. The lowest BCUT2D eigenvalue weighted by molar-refractivity contribution is 0.146. The van der Waals surface area contributed by atoms with Crippen molar-refractivity contribution < 1.29 is 9.47 Å². The Balaban J connectivity index is 2.91. The average Bonchev–Trinajstić information content (AvgIpc) is 2.36. The highest BCUT2D eigenvalue weighted by Crippen LogP contribution is 2.14. The number of nitriles is 1. The molecule has 0 fully saturated rings. The third kappa shape index (κ3) is 5.56. The molecule has 0 amide bonds. The summed E-state index contributed by atoms with van der Waals surface area (Å²) in [5.74, 6) is 3.56. The van der Waals surface area contributed by atoms with E-state index in [2.05, 4.69) is 42.2 Å². The normalized spacial score (nSPS) is 10.3. The third-order valence-electron chi connectivity index (χ3n) is 2.10. The highest BCUT2D eigenvalue weighted by molar-refractivity contribution is 6.83. The Kier molecular flexibility index (Phi) is 5.56. The Morgan fingerprint density at radius 2 is 2.05 bits per heavy atom. The molecular formula is C14H18N2O2Si. The van der Waals surface area contributed by atoms with E-state index in [-0.39, 0.29) is 0 Å². The molecule has 0 aliphatic rings. The fourth-order valence-electron chi connectivity index (χ4n) is 1.20. The molecule has 0 spiro atoms. The lowest BCUT2D eigenvalue weighted by Gasteiger charge is -2.06. The maximum Gasteiger partial charge on any atom is 0.139 e. The fraction of sp³-hybridized carbons (Fsp3) is 0.429. The van der Waals surface area contributed by atoms with E-state index in [4.69, 9.17) is 14.7 Å². The van der Waals surface area contributed by atoms with E-state index in [9.17, 15) is 0 Å². The summed E-state index contributed by atoms with van der Waals surface area (Å²) >= 11 is 0. The Bertz CT molecular complexity index is 533. The highest BCUT2D eigenvalue weighted by atomic mass is 28.3. The lowest BCUT2D eigenvalue weighted by atomic mass is 10.2. The van der Waals surface area contributed by atoms with Crippen LogP contribution in [0.15, 0.2) is 12.3 Å². The first kappa shape index (κ1) is 15.2. The van der Waals surface area contributed by atoms with Gasteiger partial charge in [0.15, 0.2) is 0 Å². The second-order valence-electron chi connectivity index (χ2n) is 5.02. The largest absolute Gasteiger partial charge is 0.490 e. The Morgan fingerprint density at radius 3 is 2.63 bits per heavy atom. The average molecular weight is 274 g/mol. The SMILES string of the molecule is COCCOc1cnc(C#C[Si](C)(C)C)c(C#N)c1. The maximum absolute atomic E-state index is 9.12. The van der Waals surface area contributed by atoms with Crippen LogP contribution < -0.4 is 4.74 Å². The van der Waals surface area contributed by atoms with Gasteiger partial charge in [-0.05, 0) is 0 Å². The summed E-state index contributed by atoms with van der Waals surface area (Å²) in [4.78, 5) is 4.19. The van der Waals surface area contributed by atoms with E-state index in [1.807, 2.05) is 0 Å². The number of hydrogen-bond acceptors (Lipinski definition) is 4. The smallest absolute Gasteiger partial charge is 0.139 e. The number of ether oxygens (including phenoxy) is 2. The fourth-order valence-corrected chi connectivity index (χ4v) is 1.69. The van der Waals surface area contributed by atoms with Gasteiger partial charge in [-0.15, -0.1) is 5.54 Å². The molecule has 0 unspecified atom stereocenters. The van der Waals surface area contributed by atoms with Crippen molar-refractivity contribution in [3.05, 3.63) is 23.5 Å². The van der Waals surface area contributed by atoms with Gasteiger partial charge in [-0.25, -0.2) is 4.98 Å². The van der Waals surface area contributed by atoms with E-state index in [1.165, 1.54) is 0 Å². The molecule has 0 atom stereocenters. The maximum atomic E-state index is 9.12. The summed E-state index contributed by atoms with van der Waals surface area (Å²) in [6.07, 6.45) is 1.59. The summed E-state index contributed by atoms with van der Waals surface area (Å²) in [6, 6.07) is 3.77. The van der Waals surface area contributed by atoms with Gasteiger partial charge >= 0.3 is 0 Å². The predicted octanol–water partition coefficient (Wildman–Crippen LogP) is 2.21. The molecule has 0 aromatic carbocycles. The van der Waals surface area contributed by atoms with Gasteiger partial charge in [0.2, 0.25) is 0 Å². The minimum Gasteiger partial charge on any atom is -0.490 e. The zero-order valence-corrected chi connectivity index (χ0v) is 12.8. The number of hydrogen-bond donors (Lipinski definition) is 0. The first-order valence-corrected chi connectivity index (χ1v) is 9.51. The van der Waals surface area contributed by atoms with Crippen molar-refractivity contribution in [3.8, 4) is 23.3 Å². The summed E-state index contributed by atoms with van der Waals surface area (Å²) in [6.45, 7) is 7.37. The molecule has 0 saturated heterocycles. The zero-order chi connectivity index (χ0) is 14.3. The third-order valence-corrected chi connectivity index (χ3v) is 2.97. The van der Waals surface area contributed by atoms with Gasteiger partial charge in [-0.3, -0.25) is 0 Å². The van der Waals surface area contributed by atoms with Crippen molar-refractivity contribution >= 4 is 8.07 Å². The first-order valence-electron chi connectivity index (χ1n) is 6.01. The zero-order valence-electron chi connectivity index (χ0n) is 11.8. The quantitative estimate of drug-likeness (QED) is 0.480. The van der Waals surface area contributed by atoms with Gasteiger partial charge in [0.1, 0.15) is 32.2 Å². The minimum atomic E-state index is -1.47. The predicted molar refractivity (Wildman–Crippen MR) is 76.5 cm³/mol. The minimum absolute atomic E-state index is 0.434. The molecule has 0 radical (unpaired) electrons. The second kappa shape index (κ2) is 6.94. The standard InChI is InChI=1S/C14H18N2O2Si/c1-17-6-7-18-13-9-12(10-15)14(16-11-13)5-8-19(2,3)4/h9,11H,6-7H2,1-4H3. The monoisotopic (exact) mass is 274 g/mol. The summed E-state index contributed by atoms with van der Waals surface area (Å²) in [5, 5.41) is 9.12. The molecule has 1 aromatic heterocycles. The highest BCUT2D eigenvalue weighted by Gasteiger charge is 2.09. The molecule has 0 aliphatic carbocycles. The van der Waals surface area contributed by atoms with Crippen LogP contribution in [0.25, 0.3) is 0 Å². The summed E-state index contributed by atoms with van der Waals surface area (Å²) in [5.41, 5.74) is 4.16. The van der Waals surface area contributed by atoms with Gasteiger partial charge in [-0.1, -0.05) is 25.6 Å². The molecule has 0 saturated carbocycles. The number of pyridine rings is 1. The van der Waals surface area contributed by atoms with E-state index in [0.29, 0.717) is 30.2 Å². The van der Waals surface area contributed by atoms with E-state index in [1.54, 1.807) is 19.4 Å².